The number of nitrogens with zero attached hydrogens (tertiary/aromatic N) is 2. The van der Waals surface area contributed by atoms with Crippen molar-refractivity contribution in [3.8, 4) is 0 Å². The lowest BCUT2D eigenvalue weighted by Crippen LogP contribution is -2.38. The Bertz CT molecular complexity index is 304. The molecule has 0 aliphatic carbocycles. The predicted octanol–water partition coefficient (Wildman–Crippen LogP) is 1.86. The van der Waals surface area contributed by atoms with Crippen LogP contribution in [0.1, 0.15) is 38.4 Å². The third kappa shape index (κ3) is 3.28. The van der Waals surface area contributed by atoms with Gasteiger partial charge in [0, 0.05) is 6.20 Å². The van der Waals surface area contributed by atoms with Gasteiger partial charge in [0.2, 0.25) is 0 Å². The maximum atomic E-state index is 5.83. The number of thiocarbonyl (C=S) groups is 1. The van der Waals surface area contributed by atoms with Crippen molar-refractivity contribution < 1.29 is 0 Å². The molecule has 3 N–H and O–H groups in total. The van der Waals surface area contributed by atoms with Crippen LogP contribution >= 0.6 is 12.2 Å². The minimum Gasteiger partial charge on any atom is -0.392 e. The lowest BCUT2D eigenvalue weighted by Gasteiger charge is -2.29. The lowest BCUT2D eigenvalue weighted by molar-refractivity contribution is 0.242. The predicted molar refractivity (Wildman–Crippen MR) is 70.3 cm³/mol. The molecule has 0 aliphatic rings. The molecule has 1 atom stereocenters. The Balaban J connectivity index is 2.85. The second kappa shape index (κ2) is 6.60. The molecule has 5 heteroatoms. The first kappa shape index (κ1) is 13.1. The zero-order valence-corrected chi connectivity index (χ0v) is 10.8. The van der Waals surface area contributed by atoms with Crippen LogP contribution in [0.2, 0.25) is 0 Å². The Kier molecular flexibility index (Phi) is 5.42. The van der Waals surface area contributed by atoms with Crippen molar-refractivity contribution >= 4 is 17.2 Å². The van der Waals surface area contributed by atoms with E-state index in [1.54, 1.807) is 12.5 Å². The number of nitrogens with one attached hydrogen (secondary N) is 1. The molecule has 0 spiro atoms. The van der Waals surface area contributed by atoms with Crippen LogP contribution in [0.15, 0.2) is 12.5 Å². The maximum absolute atomic E-state index is 5.83. The van der Waals surface area contributed by atoms with Gasteiger partial charge in [-0.05, 0) is 25.9 Å². The van der Waals surface area contributed by atoms with Crippen LogP contribution in [0.5, 0.6) is 0 Å². The van der Waals surface area contributed by atoms with E-state index in [2.05, 4.69) is 28.7 Å². The van der Waals surface area contributed by atoms with Crippen LogP contribution in [0.25, 0.3) is 0 Å². The van der Waals surface area contributed by atoms with E-state index in [-0.39, 0.29) is 6.04 Å². The number of imidazole rings is 1. The third-order valence-corrected chi connectivity index (χ3v) is 2.69. The van der Waals surface area contributed by atoms with Crippen molar-refractivity contribution in [1.82, 2.24) is 14.9 Å². The zero-order chi connectivity index (χ0) is 12.0. The summed E-state index contributed by atoms with van der Waals surface area (Å²) in [4.78, 5) is 9.93. The first-order valence-corrected chi connectivity index (χ1v) is 6.13. The SMILES string of the molecule is CCCN(CCC)C(C(N)=S)c1cnc[nH]1. The van der Waals surface area contributed by atoms with E-state index in [0.717, 1.165) is 31.6 Å². The van der Waals surface area contributed by atoms with Crippen molar-refractivity contribution in [2.24, 2.45) is 5.73 Å². The molecule has 1 unspecified atom stereocenters. The van der Waals surface area contributed by atoms with Crippen LogP contribution in [-0.2, 0) is 0 Å². The van der Waals surface area contributed by atoms with Gasteiger partial charge in [-0.3, -0.25) is 4.90 Å². The third-order valence-electron chi connectivity index (χ3n) is 2.47. The molecule has 0 bridgehead atoms. The first-order chi connectivity index (χ1) is 7.70. The summed E-state index contributed by atoms with van der Waals surface area (Å²) in [5.41, 5.74) is 6.81. The van der Waals surface area contributed by atoms with E-state index < -0.39 is 0 Å². The highest BCUT2D eigenvalue weighted by Crippen LogP contribution is 2.19. The van der Waals surface area contributed by atoms with E-state index in [4.69, 9.17) is 18.0 Å². The Labute approximate surface area is 102 Å². The Morgan fingerprint density at radius 3 is 2.50 bits per heavy atom. The molecule has 0 fully saturated rings. The average molecular weight is 240 g/mol. The van der Waals surface area contributed by atoms with E-state index >= 15 is 0 Å². The molecular weight excluding hydrogens is 220 g/mol. The monoisotopic (exact) mass is 240 g/mol. The van der Waals surface area contributed by atoms with Gasteiger partial charge in [0.25, 0.3) is 0 Å². The van der Waals surface area contributed by atoms with Gasteiger partial charge < -0.3 is 10.7 Å². The van der Waals surface area contributed by atoms with Crippen LogP contribution < -0.4 is 5.73 Å². The van der Waals surface area contributed by atoms with Gasteiger partial charge in [-0.15, -0.1) is 0 Å². The summed E-state index contributed by atoms with van der Waals surface area (Å²) in [6.45, 7) is 6.31. The molecule has 16 heavy (non-hydrogen) atoms. The number of hydrogen-bond acceptors (Lipinski definition) is 3. The molecule has 90 valence electrons. The number of aromatic nitrogens is 2. The topological polar surface area (TPSA) is 57.9 Å². The van der Waals surface area contributed by atoms with Crippen LogP contribution in [0.4, 0.5) is 0 Å². The second-order valence-electron chi connectivity index (χ2n) is 3.85. The van der Waals surface area contributed by atoms with Crippen molar-refractivity contribution in [3.05, 3.63) is 18.2 Å². The van der Waals surface area contributed by atoms with E-state index in [1.807, 2.05) is 0 Å². The summed E-state index contributed by atoms with van der Waals surface area (Å²) in [5.74, 6) is 0. The smallest absolute Gasteiger partial charge is 0.102 e. The lowest BCUT2D eigenvalue weighted by atomic mass is 10.1. The molecule has 0 amide bonds. The van der Waals surface area contributed by atoms with E-state index in [0.29, 0.717) is 4.99 Å². The number of H-pyrrole nitrogens is 1. The molecule has 1 heterocycles. The Morgan fingerprint density at radius 2 is 2.12 bits per heavy atom. The van der Waals surface area contributed by atoms with Gasteiger partial charge in [-0.2, -0.15) is 0 Å². The largest absolute Gasteiger partial charge is 0.392 e. The van der Waals surface area contributed by atoms with Crippen LogP contribution in [0, 0.1) is 0 Å². The minimum absolute atomic E-state index is 0.0163. The summed E-state index contributed by atoms with van der Waals surface area (Å²) >= 11 is 5.16. The highest BCUT2D eigenvalue weighted by molar-refractivity contribution is 7.80. The summed E-state index contributed by atoms with van der Waals surface area (Å²) in [5, 5.41) is 0. The number of rotatable bonds is 7. The van der Waals surface area contributed by atoms with Gasteiger partial charge in [-0.1, -0.05) is 26.1 Å². The fourth-order valence-electron chi connectivity index (χ4n) is 1.89. The highest BCUT2D eigenvalue weighted by atomic mass is 32.1. The molecule has 1 aromatic rings. The summed E-state index contributed by atoms with van der Waals surface area (Å²) in [6.07, 6.45) is 5.64. The quantitative estimate of drug-likeness (QED) is 0.714. The average Bonchev–Trinajstić information content (AvgIpc) is 2.71. The van der Waals surface area contributed by atoms with Crippen molar-refractivity contribution in [1.29, 1.82) is 0 Å². The molecule has 1 aromatic heterocycles. The van der Waals surface area contributed by atoms with Gasteiger partial charge in [0.05, 0.1) is 17.0 Å². The fourth-order valence-corrected chi connectivity index (χ4v) is 2.17. The summed E-state index contributed by atoms with van der Waals surface area (Å²) < 4.78 is 0. The summed E-state index contributed by atoms with van der Waals surface area (Å²) in [7, 11) is 0. The molecule has 0 saturated carbocycles. The number of aromatic amines is 1. The maximum Gasteiger partial charge on any atom is 0.102 e. The number of nitrogens with two attached hydrogens (primary N) is 1. The zero-order valence-electron chi connectivity index (χ0n) is 9.94. The van der Waals surface area contributed by atoms with Gasteiger partial charge in [-0.25, -0.2) is 4.98 Å². The van der Waals surface area contributed by atoms with Gasteiger partial charge >= 0.3 is 0 Å². The van der Waals surface area contributed by atoms with Crippen LogP contribution in [-0.4, -0.2) is 32.9 Å². The van der Waals surface area contributed by atoms with Crippen molar-refractivity contribution in [3.63, 3.8) is 0 Å². The standard InChI is InChI=1S/C11H20N4S/c1-3-5-15(6-4-2)10(11(12)16)9-7-13-8-14-9/h7-8,10H,3-6H2,1-2H3,(H2,12,16)(H,13,14). The minimum atomic E-state index is -0.0163. The molecule has 4 nitrogen and oxygen atoms in total. The fraction of sp³-hybridized carbons (Fsp3) is 0.636. The van der Waals surface area contributed by atoms with Crippen molar-refractivity contribution in [2.45, 2.75) is 32.7 Å². The molecule has 0 radical (unpaired) electrons. The van der Waals surface area contributed by atoms with Crippen LogP contribution in [0.3, 0.4) is 0 Å². The second-order valence-corrected chi connectivity index (χ2v) is 4.32. The molecule has 1 rings (SSSR count). The molecular formula is C11H20N4S. The normalized spacial score (nSPS) is 12.9. The molecule has 0 aromatic carbocycles. The van der Waals surface area contributed by atoms with Gasteiger partial charge in [0.1, 0.15) is 6.04 Å². The Morgan fingerprint density at radius 1 is 1.50 bits per heavy atom. The highest BCUT2D eigenvalue weighted by Gasteiger charge is 2.22. The molecule has 0 aliphatic heterocycles. The Hall–Kier alpha value is -0.940. The molecule has 0 saturated heterocycles. The van der Waals surface area contributed by atoms with Gasteiger partial charge in [0.15, 0.2) is 0 Å². The van der Waals surface area contributed by atoms with E-state index in [9.17, 15) is 0 Å². The van der Waals surface area contributed by atoms with E-state index in [1.165, 1.54) is 0 Å². The van der Waals surface area contributed by atoms with Crippen molar-refractivity contribution in [2.75, 3.05) is 13.1 Å². The first-order valence-electron chi connectivity index (χ1n) is 5.72. The summed E-state index contributed by atoms with van der Waals surface area (Å²) in [6, 6.07) is -0.0163. The number of hydrogen-bond donors (Lipinski definition) is 2.